The molecule has 0 aliphatic carbocycles. The van der Waals surface area contributed by atoms with E-state index in [0.29, 0.717) is 19.4 Å². The normalized spacial score (nSPS) is 12.1. The second-order valence-electron chi connectivity index (χ2n) is 3.99. The second-order valence-corrected chi connectivity index (χ2v) is 3.99. The third-order valence-electron chi connectivity index (χ3n) is 2.63. The third kappa shape index (κ3) is 3.98. The van der Waals surface area contributed by atoms with Gasteiger partial charge in [-0.15, -0.1) is 0 Å². The van der Waals surface area contributed by atoms with Crippen molar-refractivity contribution in [1.82, 2.24) is 0 Å². The number of hydrogen-bond donors (Lipinski definition) is 2. The number of aromatic hydroxyl groups is 2. The highest BCUT2D eigenvalue weighted by molar-refractivity contribution is 5.69. The van der Waals surface area contributed by atoms with Crippen LogP contribution >= 0.6 is 0 Å². The predicted octanol–water partition coefficient (Wildman–Crippen LogP) is 2.54. The SMILES string of the molecule is CCOC(=O)CCC(C)c1ccc(O)cc1O. The van der Waals surface area contributed by atoms with Crippen LogP contribution in [0.1, 0.15) is 38.2 Å². The molecule has 1 unspecified atom stereocenters. The van der Waals surface area contributed by atoms with Crippen LogP contribution in [0.3, 0.4) is 0 Å². The maximum atomic E-state index is 11.2. The fourth-order valence-electron chi connectivity index (χ4n) is 1.67. The van der Waals surface area contributed by atoms with Crippen molar-refractivity contribution in [2.45, 2.75) is 32.6 Å². The quantitative estimate of drug-likeness (QED) is 0.773. The summed E-state index contributed by atoms with van der Waals surface area (Å²) in [4.78, 5) is 11.2. The topological polar surface area (TPSA) is 66.8 Å². The minimum Gasteiger partial charge on any atom is -0.508 e. The maximum absolute atomic E-state index is 11.2. The molecule has 0 radical (unpaired) electrons. The second kappa shape index (κ2) is 6.13. The fraction of sp³-hybridized carbons (Fsp3) is 0.462. The number of esters is 1. The lowest BCUT2D eigenvalue weighted by atomic mass is 9.95. The minimum absolute atomic E-state index is 0.0313. The van der Waals surface area contributed by atoms with Gasteiger partial charge in [-0.25, -0.2) is 0 Å². The van der Waals surface area contributed by atoms with Gasteiger partial charge in [0.2, 0.25) is 0 Å². The summed E-state index contributed by atoms with van der Waals surface area (Å²) in [6.07, 6.45) is 0.937. The van der Waals surface area contributed by atoms with Gasteiger partial charge in [0.1, 0.15) is 11.5 Å². The van der Waals surface area contributed by atoms with Gasteiger partial charge in [0.15, 0.2) is 0 Å². The predicted molar refractivity (Wildman–Crippen MR) is 64.1 cm³/mol. The average Bonchev–Trinajstić information content (AvgIpc) is 2.26. The minimum atomic E-state index is -0.224. The lowest BCUT2D eigenvalue weighted by molar-refractivity contribution is -0.143. The highest BCUT2D eigenvalue weighted by atomic mass is 16.5. The van der Waals surface area contributed by atoms with E-state index in [0.717, 1.165) is 5.56 Å². The largest absolute Gasteiger partial charge is 0.508 e. The fourth-order valence-corrected chi connectivity index (χ4v) is 1.67. The Bertz CT molecular complexity index is 387. The molecular weight excluding hydrogens is 220 g/mol. The van der Waals surface area contributed by atoms with Gasteiger partial charge in [-0.05, 0) is 30.9 Å². The van der Waals surface area contributed by atoms with Gasteiger partial charge in [-0.3, -0.25) is 4.79 Å². The van der Waals surface area contributed by atoms with Crippen LogP contribution in [0.15, 0.2) is 18.2 Å². The van der Waals surface area contributed by atoms with Crippen LogP contribution in [-0.2, 0) is 9.53 Å². The van der Waals surface area contributed by atoms with Crippen LogP contribution in [0.4, 0.5) is 0 Å². The van der Waals surface area contributed by atoms with E-state index in [2.05, 4.69) is 0 Å². The van der Waals surface area contributed by atoms with E-state index in [1.807, 2.05) is 6.92 Å². The molecule has 0 saturated carbocycles. The molecule has 1 aromatic carbocycles. The van der Waals surface area contributed by atoms with Crippen molar-refractivity contribution in [3.8, 4) is 11.5 Å². The Morgan fingerprint density at radius 1 is 1.41 bits per heavy atom. The monoisotopic (exact) mass is 238 g/mol. The van der Waals surface area contributed by atoms with Crippen LogP contribution in [0.5, 0.6) is 11.5 Å². The third-order valence-corrected chi connectivity index (χ3v) is 2.63. The molecule has 0 fully saturated rings. The molecular formula is C13H18O4. The number of phenols is 2. The van der Waals surface area contributed by atoms with Crippen molar-refractivity contribution >= 4 is 5.97 Å². The molecule has 0 aromatic heterocycles. The average molecular weight is 238 g/mol. The first-order valence-electron chi connectivity index (χ1n) is 5.72. The Morgan fingerprint density at radius 2 is 2.12 bits per heavy atom. The summed E-state index contributed by atoms with van der Waals surface area (Å²) < 4.78 is 4.84. The van der Waals surface area contributed by atoms with Crippen molar-refractivity contribution in [3.05, 3.63) is 23.8 Å². The van der Waals surface area contributed by atoms with E-state index in [9.17, 15) is 15.0 Å². The zero-order valence-electron chi connectivity index (χ0n) is 10.1. The van der Waals surface area contributed by atoms with Gasteiger partial charge in [-0.1, -0.05) is 13.0 Å². The molecule has 1 rings (SSSR count). The van der Waals surface area contributed by atoms with Crippen molar-refractivity contribution in [2.24, 2.45) is 0 Å². The van der Waals surface area contributed by atoms with E-state index in [1.54, 1.807) is 13.0 Å². The molecule has 0 aliphatic rings. The number of hydrogen-bond acceptors (Lipinski definition) is 4. The lowest BCUT2D eigenvalue weighted by Gasteiger charge is -2.13. The van der Waals surface area contributed by atoms with Crippen molar-refractivity contribution < 1.29 is 19.7 Å². The first kappa shape index (κ1) is 13.4. The van der Waals surface area contributed by atoms with Crippen LogP contribution in [0.25, 0.3) is 0 Å². The summed E-state index contributed by atoms with van der Waals surface area (Å²) in [5.41, 5.74) is 0.729. The highest BCUT2D eigenvalue weighted by Crippen LogP contribution is 2.31. The molecule has 0 amide bonds. The standard InChI is InChI=1S/C13H18O4/c1-3-17-13(16)7-4-9(2)11-6-5-10(14)8-12(11)15/h5-6,8-9,14-15H,3-4,7H2,1-2H3. The Morgan fingerprint density at radius 3 is 2.71 bits per heavy atom. The smallest absolute Gasteiger partial charge is 0.305 e. The zero-order valence-corrected chi connectivity index (χ0v) is 10.1. The van der Waals surface area contributed by atoms with Gasteiger partial charge in [0.25, 0.3) is 0 Å². The van der Waals surface area contributed by atoms with Gasteiger partial charge in [0.05, 0.1) is 6.61 Å². The van der Waals surface area contributed by atoms with Gasteiger partial charge in [-0.2, -0.15) is 0 Å². The zero-order chi connectivity index (χ0) is 12.8. The molecule has 2 N–H and O–H groups in total. The van der Waals surface area contributed by atoms with Gasteiger partial charge >= 0.3 is 5.97 Å². The van der Waals surface area contributed by atoms with Crippen molar-refractivity contribution in [1.29, 1.82) is 0 Å². The first-order valence-corrected chi connectivity index (χ1v) is 5.72. The van der Waals surface area contributed by atoms with E-state index in [-0.39, 0.29) is 23.4 Å². The van der Waals surface area contributed by atoms with Gasteiger partial charge in [0, 0.05) is 12.5 Å². The number of benzene rings is 1. The molecule has 1 atom stereocenters. The molecule has 1 aromatic rings. The summed E-state index contributed by atoms with van der Waals surface area (Å²) in [5, 5.41) is 18.8. The molecule has 0 bridgehead atoms. The summed E-state index contributed by atoms with van der Waals surface area (Å²) in [5.74, 6) is -0.0946. The number of ether oxygens (including phenoxy) is 1. The molecule has 0 heterocycles. The maximum Gasteiger partial charge on any atom is 0.305 e. The number of carbonyl (C=O) groups is 1. The van der Waals surface area contributed by atoms with Crippen LogP contribution in [0.2, 0.25) is 0 Å². The Labute approximate surface area is 101 Å². The van der Waals surface area contributed by atoms with E-state index < -0.39 is 0 Å². The van der Waals surface area contributed by atoms with E-state index in [4.69, 9.17) is 4.74 Å². The number of rotatable bonds is 5. The Kier molecular flexibility index (Phi) is 4.82. The van der Waals surface area contributed by atoms with E-state index in [1.165, 1.54) is 12.1 Å². The van der Waals surface area contributed by atoms with Gasteiger partial charge < -0.3 is 14.9 Å². The van der Waals surface area contributed by atoms with Crippen LogP contribution in [-0.4, -0.2) is 22.8 Å². The molecule has 0 saturated heterocycles. The highest BCUT2D eigenvalue weighted by Gasteiger charge is 2.13. The molecule has 94 valence electrons. The van der Waals surface area contributed by atoms with Crippen LogP contribution < -0.4 is 0 Å². The lowest BCUT2D eigenvalue weighted by Crippen LogP contribution is -2.05. The molecule has 4 heteroatoms. The van der Waals surface area contributed by atoms with Crippen molar-refractivity contribution in [3.63, 3.8) is 0 Å². The number of phenolic OH excluding ortho intramolecular Hbond substituents is 2. The first-order chi connectivity index (χ1) is 8.04. The summed E-state index contributed by atoms with van der Waals surface area (Å²) in [7, 11) is 0. The molecule has 0 aliphatic heterocycles. The molecule has 17 heavy (non-hydrogen) atoms. The van der Waals surface area contributed by atoms with Crippen LogP contribution in [0, 0.1) is 0 Å². The number of carbonyl (C=O) groups excluding carboxylic acids is 1. The van der Waals surface area contributed by atoms with E-state index >= 15 is 0 Å². The summed E-state index contributed by atoms with van der Waals surface area (Å²) in [6, 6.07) is 4.49. The Hall–Kier alpha value is -1.71. The Balaban J connectivity index is 2.57. The van der Waals surface area contributed by atoms with Crippen molar-refractivity contribution in [2.75, 3.05) is 6.61 Å². The molecule has 0 spiro atoms. The summed E-state index contributed by atoms with van der Waals surface area (Å²) >= 11 is 0. The molecule has 4 nitrogen and oxygen atoms in total. The summed E-state index contributed by atoms with van der Waals surface area (Å²) in [6.45, 7) is 4.08.